The van der Waals surface area contributed by atoms with E-state index in [-0.39, 0.29) is 12.1 Å². The average molecular weight is 213 g/mol. The summed E-state index contributed by atoms with van der Waals surface area (Å²) >= 11 is 0. The average Bonchev–Trinajstić information content (AvgIpc) is 2.26. The van der Waals surface area contributed by atoms with E-state index in [0.29, 0.717) is 5.41 Å². The number of nitrogens with two attached hydrogens (primary N) is 1. The van der Waals surface area contributed by atoms with Crippen molar-refractivity contribution in [2.24, 2.45) is 17.1 Å². The van der Waals surface area contributed by atoms with Gasteiger partial charge in [-0.25, -0.2) is 0 Å². The third-order valence-corrected chi connectivity index (χ3v) is 4.05. The van der Waals surface area contributed by atoms with Crippen LogP contribution in [0.5, 0.6) is 0 Å². The summed E-state index contributed by atoms with van der Waals surface area (Å²) in [6.45, 7) is 7.21. The van der Waals surface area contributed by atoms with Crippen LogP contribution in [0.15, 0.2) is 0 Å². The van der Waals surface area contributed by atoms with E-state index in [0.717, 1.165) is 25.2 Å². The highest BCUT2D eigenvalue weighted by molar-refractivity contribution is 4.89. The van der Waals surface area contributed by atoms with E-state index in [9.17, 15) is 0 Å². The van der Waals surface area contributed by atoms with Crippen molar-refractivity contribution < 1.29 is 5.11 Å². The Morgan fingerprint density at radius 1 is 1.27 bits per heavy atom. The number of aliphatic hydroxyl groups excluding tert-OH is 1. The zero-order valence-electron chi connectivity index (χ0n) is 10.6. The standard InChI is InChI=1S/C13H27NO/c1-12(2,3)11-5-4-7-13(14,8-6-11)9-10-15/h11,15H,4-10,14H2,1-3H3. The summed E-state index contributed by atoms with van der Waals surface area (Å²) in [6.07, 6.45) is 6.67. The third-order valence-electron chi connectivity index (χ3n) is 4.05. The van der Waals surface area contributed by atoms with Crippen molar-refractivity contribution in [3.63, 3.8) is 0 Å². The quantitative estimate of drug-likeness (QED) is 0.693. The van der Waals surface area contributed by atoms with Crippen LogP contribution in [-0.2, 0) is 0 Å². The lowest BCUT2D eigenvalue weighted by atomic mass is 9.76. The molecule has 0 heterocycles. The lowest BCUT2D eigenvalue weighted by Gasteiger charge is -2.31. The Kier molecular flexibility index (Phi) is 4.19. The van der Waals surface area contributed by atoms with Crippen molar-refractivity contribution in [1.29, 1.82) is 0 Å². The molecule has 0 amide bonds. The maximum absolute atomic E-state index is 9.02. The summed E-state index contributed by atoms with van der Waals surface area (Å²) in [4.78, 5) is 0. The molecule has 0 aromatic heterocycles. The molecule has 15 heavy (non-hydrogen) atoms. The number of rotatable bonds is 2. The molecule has 2 atom stereocenters. The summed E-state index contributed by atoms with van der Waals surface area (Å²) in [5.41, 5.74) is 6.63. The van der Waals surface area contributed by atoms with Crippen LogP contribution < -0.4 is 5.73 Å². The highest BCUT2D eigenvalue weighted by atomic mass is 16.3. The van der Waals surface area contributed by atoms with Gasteiger partial charge in [0.25, 0.3) is 0 Å². The minimum absolute atomic E-state index is 0.0885. The monoisotopic (exact) mass is 213 g/mol. The molecule has 0 aliphatic heterocycles. The van der Waals surface area contributed by atoms with E-state index in [1.165, 1.54) is 19.3 Å². The van der Waals surface area contributed by atoms with Gasteiger partial charge in [-0.1, -0.05) is 27.2 Å². The van der Waals surface area contributed by atoms with Crippen molar-refractivity contribution in [2.75, 3.05) is 6.61 Å². The van der Waals surface area contributed by atoms with E-state index in [1.54, 1.807) is 0 Å². The summed E-state index contributed by atoms with van der Waals surface area (Å²) in [6, 6.07) is 0. The fourth-order valence-electron chi connectivity index (χ4n) is 2.77. The molecule has 0 aromatic carbocycles. The Balaban J connectivity index is 2.55. The molecule has 2 nitrogen and oxygen atoms in total. The first-order valence-corrected chi connectivity index (χ1v) is 6.27. The molecule has 1 aliphatic carbocycles. The second-order valence-corrected chi connectivity index (χ2v) is 6.33. The van der Waals surface area contributed by atoms with Gasteiger partial charge in [0, 0.05) is 12.1 Å². The van der Waals surface area contributed by atoms with E-state index in [2.05, 4.69) is 20.8 Å². The van der Waals surface area contributed by atoms with E-state index in [4.69, 9.17) is 10.8 Å². The molecular formula is C13H27NO. The van der Waals surface area contributed by atoms with Gasteiger partial charge in [-0.2, -0.15) is 0 Å². The molecule has 90 valence electrons. The molecule has 0 aromatic rings. The second kappa shape index (κ2) is 4.84. The van der Waals surface area contributed by atoms with E-state index < -0.39 is 0 Å². The number of hydrogen-bond acceptors (Lipinski definition) is 2. The molecule has 3 N–H and O–H groups in total. The van der Waals surface area contributed by atoms with Crippen LogP contribution in [0.2, 0.25) is 0 Å². The SMILES string of the molecule is CC(C)(C)C1CCCC(N)(CCO)CC1. The van der Waals surface area contributed by atoms with Crippen molar-refractivity contribution >= 4 is 0 Å². The second-order valence-electron chi connectivity index (χ2n) is 6.33. The van der Waals surface area contributed by atoms with Gasteiger partial charge < -0.3 is 10.8 Å². The fourth-order valence-corrected chi connectivity index (χ4v) is 2.77. The van der Waals surface area contributed by atoms with Crippen LogP contribution in [-0.4, -0.2) is 17.3 Å². The molecule has 0 bridgehead atoms. The van der Waals surface area contributed by atoms with Crippen LogP contribution in [0.4, 0.5) is 0 Å². The maximum Gasteiger partial charge on any atom is 0.0448 e. The maximum atomic E-state index is 9.02. The first-order chi connectivity index (χ1) is 6.87. The van der Waals surface area contributed by atoms with Gasteiger partial charge in [0.15, 0.2) is 0 Å². The van der Waals surface area contributed by atoms with Gasteiger partial charge in [0.1, 0.15) is 0 Å². The molecule has 1 rings (SSSR count). The largest absolute Gasteiger partial charge is 0.396 e. The topological polar surface area (TPSA) is 46.2 Å². The first kappa shape index (κ1) is 13.0. The number of aliphatic hydroxyl groups is 1. The molecule has 2 heteroatoms. The van der Waals surface area contributed by atoms with Crippen LogP contribution in [0, 0.1) is 11.3 Å². The molecular weight excluding hydrogens is 186 g/mol. The van der Waals surface area contributed by atoms with Gasteiger partial charge in [0.05, 0.1) is 0 Å². The van der Waals surface area contributed by atoms with Crippen molar-refractivity contribution in [2.45, 2.75) is 64.8 Å². The Labute approximate surface area is 94.2 Å². The van der Waals surface area contributed by atoms with E-state index in [1.807, 2.05) is 0 Å². The minimum Gasteiger partial charge on any atom is -0.396 e. The van der Waals surface area contributed by atoms with Crippen molar-refractivity contribution in [1.82, 2.24) is 0 Å². The van der Waals surface area contributed by atoms with Crippen LogP contribution >= 0.6 is 0 Å². The van der Waals surface area contributed by atoms with Gasteiger partial charge in [-0.05, 0) is 43.4 Å². The van der Waals surface area contributed by atoms with E-state index >= 15 is 0 Å². The van der Waals surface area contributed by atoms with Crippen LogP contribution in [0.25, 0.3) is 0 Å². The smallest absolute Gasteiger partial charge is 0.0448 e. The Hall–Kier alpha value is -0.0800. The van der Waals surface area contributed by atoms with Crippen LogP contribution in [0.3, 0.4) is 0 Å². The highest BCUT2D eigenvalue weighted by Gasteiger charge is 2.33. The fraction of sp³-hybridized carbons (Fsp3) is 1.00. The predicted octanol–water partition coefficient (Wildman–Crippen LogP) is 2.69. The molecule has 1 saturated carbocycles. The lowest BCUT2D eigenvalue weighted by molar-refractivity contribution is 0.199. The molecule has 0 radical (unpaired) electrons. The predicted molar refractivity (Wildman–Crippen MR) is 64.7 cm³/mol. The summed E-state index contributed by atoms with van der Waals surface area (Å²) < 4.78 is 0. The molecule has 2 unspecified atom stereocenters. The molecule has 0 saturated heterocycles. The minimum atomic E-state index is -0.0885. The van der Waals surface area contributed by atoms with Gasteiger partial charge in [0.2, 0.25) is 0 Å². The van der Waals surface area contributed by atoms with Crippen molar-refractivity contribution in [3.05, 3.63) is 0 Å². The first-order valence-electron chi connectivity index (χ1n) is 6.27. The molecule has 1 fully saturated rings. The highest BCUT2D eigenvalue weighted by Crippen LogP contribution is 2.39. The van der Waals surface area contributed by atoms with Crippen LogP contribution in [0.1, 0.15) is 59.3 Å². The zero-order chi connectivity index (χ0) is 11.5. The number of hydrogen-bond donors (Lipinski definition) is 2. The summed E-state index contributed by atoms with van der Waals surface area (Å²) in [5, 5.41) is 9.02. The van der Waals surface area contributed by atoms with Crippen molar-refractivity contribution in [3.8, 4) is 0 Å². The lowest BCUT2D eigenvalue weighted by Crippen LogP contribution is -2.40. The molecule has 1 aliphatic rings. The molecule has 0 spiro atoms. The van der Waals surface area contributed by atoms with Gasteiger partial charge >= 0.3 is 0 Å². The Morgan fingerprint density at radius 2 is 1.93 bits per heavy atom. The third kappa shape index (κ3) is 3.76. The summed E-state index contributed by atoms with van der Waals surface area (Å²) in [5.74, 6) is 0.793. The van der Waals surface area contributed by atoms with Gasteiger partial charge in [-0.15, -0.1) is 0 Å². The normalized spacial score (nSPS) is 33.8. The van der Waals surface area contributed by atoms with Gasteiger partial charge in [-0.3, -0.25) is 0 Å². The Bertz CT molecular complexity index is 197. The Morgan fingerprint density at radius 3 is 2.47 bits per heavy atom. The zero-order valence-corrected chi connectivity index (χ0v) is 10.6. The summed E-state index contributed by atoms with van der Waals surface area (Å²) in [7, 11) is 0.